The fourth-order valence-electron chi connectivity index (χ4n) is 3.08. The molecule has 0 aromatic heterocycles. The van der Waals surface area contributed by atoms with Crippen LogP contribution in [0.4, 0.5) is 0 Å². The van der Waals surface area contributed by atoms with E-state index in [0.717, 1.165) is 16.7 Å². The lowest BCUT2D eigenvalue weighted by Gasteiger charge is -2.25. The van der Waals surface area contributed by atoms with Gasteiger partial charge in [0, 0.05) is 19.0 Å². The minimum absolute atomic E-state index is 0.0603. The summed E-state index contributed by atoms with van der Waals surface area (Å²) in [4.78, 5) is 14.7. The summed E-state index contributed by atoms with van der Waals surface area (Å²) in [5, 5.41) is 0. The van der Waals surface area contributed by atoms with Gasteiger partial charge in [-0.2, -0.15) is 0 Å². The molecule has 4 nitrogen and oxygen atoms in total. The van der Waals surface area contributed by atoms with E-state index < -0.39 is 0 Å². The average Bonchev–Trinajstić information content (AvgIpc) is 2.76. The molecule has 4 heteroatoms. The van der Waals surface area contributed by atoms with Gasteiger partial charge in [0.25, 0.3) is 0 Å². The van der Waals surface area contributed by atoms with Crippen molar-refractivity contribution in [1.82, 2.24) is 4.90 Å². The molecule has 0 fully saturated rings. The fourth-order valence-corrected chi connectivity index (χ4v) is 3.08. The highest BCUT2D eigenvalue weighted by atomic mass is 16.5. The topological polar surface area (TPSA) is 38.8 Å². The van der Waals surface area contributed by atoms with Crippen LogP contribution in [0.15, 0.2) is 72.3 Å². The number of amides is 1. The monoisotopic (exact) mass is 407 g/mol. The smallest absolute Gasteiger partial charge is 0.225 e. The highest BCUT2D eigenvalue weighted by Crippen LogP contribution is 2.29. The van der Waals surface area contributed by atoms with Crippen LogP contribution in [0.3, 0.4) is 0 Å². The molecule has 160 valence electrons. The Morgan fingerprint density at radius 2 is 1.80 bits per heavy atom. The Bertz CT molecular complexity index is 869. The lowest BCUT2D eigenvalue weighted by molar-refractivity contribution is -0.134. The highest BCUT2D eigenvalue weighted by Gasteiger charge is 2.18. The second-order valence-electron chi connectivity index (χ2n) is 7.65. The number of hydrogen-bond donors (Lipinski definition) is 0. The molecule has 2 rings (SSSR count). The molecule has 1 amide bonds. The van der Waals surface area contributed by atoms with E-state index in [1.165, 1.54) is 0 Å². The van der Waals surface area contributed by atoms with E-state index in [2.05, 4.69) is 0 Å². The molecule has 0 radical (unpaired) electrons. The van der Waals surface area contributed by atoms with Crippen LogP contribution in [0.25, 0.3) is 0 Å². The Kier molecular flexibility index (Phi) is 9.20. The molecule has 0 unspecified atom stereocenters. The molecule has 0 N–H and O–H groups in total. The van der Waals surface area contributed by atoms with Crippen LogP contribution < -0.4 is 9.47 Å². The van der Waals surface area contributed by atoms with Crippen molar-refractivity contribution in [3.63, 3.8) is 0 Å². The van der Waals surface area contributed by atoms with Crippen LogP contribution in [0.2, 0.25) is 0 Å². The van der Waals surface area contributed by atoms with Crippen molar-refractivity contribution in [2.24, 2.45) is 5.92 Å². The van der Waals surface area contributed by atoms with Gasteiger partial charge < -0.3 is 14.4 Å². The summed E-state index contributed by atoms with van der Waals surface area (Å²) < 4.78 is 11.5. The number of rotatable bonds is 10. The zero-order valence-electron chi connectivity index (χ0n) is 18.7. The predicted octanol–water partition coefficient (Wildman–Crippen LogP) is 5.78. The molecule has 0 saturated heterocycles. The van der Waals surface area contributed by atoms with Crippen molar-refractivity contribution in [2.75, 3.05) is 13.7 Å². The first-order valence-corrected chi connectivity index (χ1v) is 10.4. The number of ether oxygens (including phenoxy) is 2. The van der Waals surface area contributed by atoms with Crippen LogP contribution in [0, 0.1) is 5.92 Å². The van der Waals surface area contributed by atoms with E-state index in [1.54, 1.807) is 7.11 Å². The molecule has 0 aliphatic carbocycles. The van der Waals surface area contributed by atoms with Crippen LogP contribution >= 0.6 is 0 Å². The molecule has 0 saturated carbocycles. The van der Waals surface area contributed by atoms with Crippen LogP contribution in [-0.4, -0.2) is 24.5 Å². The Morgan fingerprint density at radius 3 is 2.43 bits per heavy atom. The van der Waals surface area contributed by atoms with Gasteiger partial charge >= 0.3 is 0 Å². The van der Waals surface area contributed by atoms with Gasteiger partial charge in [0.15, 0.2) is 11.5 Å². The number of methoxy groups -OCH3 is 1. The van der Waals surface area contributed by atoms with Gasteiger partial charge in [-0.15, -0.1) is 0 Å². The maximum absolute atomic E-state index is 12.8. The molecule has 2 aromatic rings. The SMILES string of the molecule is C/C=C\C=C(/C)CN(Cc1ccc(OCc2ccccc2)c(OC)c1)C(=O)C(C)C. The summed E-state index contributed by atoms with van der Waals surface area (Å²) in [6.07, 6.45) is 6.02. The van der Waals surface area contributed by atoms with Gasteiger partial charge in [0.2, 0.25) is 5.91 Å². The molecule has 0 atom stereocenters. The molecular weight excluding hydrogens is 374 g/mol. The molecule has 2 aromatic carbocycles. The molecule has 0 spiro atoms. The summed E-state index contributed by atoms with van der Waals surface area (Å²) in [6.45, 7) is 9.48. The van der Waals surface area contributed by atoms with Gasteiger partial charge in [-0.05, 0) is 37.1 Å². The summed E-state index contributed by atoms with van der Waals surface area (Å²) in [7, 11) is 1.63. The van der Waals surface area contributed by atoms with Gasteiger partial charge in [0.05, 0.1) is 7.11 Å². The standard InChI is InChI=1S/C26H33NO3/c1-6-7-11-21(4)17-27(26(28)20(2)3)18-23-14-15-24(25(16-23)29-5)30-19-22-12-9-8-10-13-22/h6-16,20H,17-19H2,1-5H3/b7-6-,21-11+. The van der Waals surface area contributed by atoms with E-state index in [9.17, 15) is 4.79 Å². The third-order valence-electron chi connectivity index (χ3n) is 4.66. The zero-order valence-corrected chi connectivity index (χ0v) is 18.7. The number of carbonyl (C=O) groups excluding carboxylic acids is 1. The average molecular weight is 408 g/mol. The molecule has 0 heterocycles. The predicted molar refractivity (Wildman–Crippen MR) is 123 cm³/mol. The molecule has 30 heavy (non-hydrogen) atoms. The lowest BCUT2D eigenvalue weighted by Crippen LogP contribution is -2.35. The third kappa shape index (κ3) is 7.11. The van der Waals surface area contributed by atoms with Gasteiger partial charge in [-0.3, -0.25) is 4.79 Å². The first-order valence-electron chi connectivity index (χ1n) is 10.4. The van der Waals surface area contributed by atoms with E-state index in [1.807, 2.05) is 99.4 Å². The van der Waals surface area contributed by atoms with Crippen molar-refractivity contribution in [3.8, 4) is 11.5 Å². The fraction of sp³-hybridized carbons (Fsp3) is 0.346. The second kappa shape index (κ2) is 11.9. The first kappa shape index (κ1) is 23.3. The number of nitrogens with zero attached hydrogens (tertiary/aromatic N) is 1. The number of allylic oxidation sites excluding steroid dienone is 3. The summed E-state index contributed by atoms with van der Waals surface area (Å²) in [6, 6.07) is 15.9. The summed E-state index contributed by atoms with van der Waals surface area (Å²) in [5.74, 6) is 1.43. The quantitative estimate of drug-likeness (QED) is 0.469. The Hall–Kier alpha value is -3.01. The number of carbonyl (C=O) groups is 1. The maximum Gasteiger partial charge on any atom is 0.225 e. The van der Waals surface area contributed by atoms with Crippen molar-refractivity contribution in [1.29, 1.82) is 0 Å². The summed E-state index contributed by atoms with van der Waals surface area (Å²) in [5.41, 5.74) is 3.24. The summed E-state index contributed by atoms with van der Waals surface area (Å²) >= 11 is 0. The normalized spacial score (nSPS) is 11.7. The van der Waals surface area contributed by atoms with Crippen molar-refractivity contribution in [2.45, 2.75) is 40.8 Å². The molecule has 0 aliphatic rings. The molecule has 0 aliphatic heterocycles. The van der Waals surface area contributed by atoms with E-state index in [-0.39, 0.29) is 11.8 Å². The zero-order chi connectivity index (χ0) is 21.9. The highest BCUT2D eigenvalue weighted by molar-refractivity contribution is 5.78. The maximum atomic E-state index is 12.8. The van der Waals surface area contributed by atoms with Crippen molar-refractivity contribution in [3.05, 3.63) is 83.5 Å². The van der Waals surface area contributed by atoms with E-state index >= 15 is 0 Å². The largest absolute Gasteiger partial charge is 0.493 e. The van der Waals surface area contributed by atoms with Crippen LogP contribution in [0.5, 0.6) is 11.5 Å². The number of hydrogen-bond acceptors (Lipinski definition) is 3. The minimum Gasteiger partial charge on any atom is -0.493 e. The van der Waals surface area contributed by atoms with Crippen molar-refractivity contribution >= 4 is 5.91 Å². The Balaban J connectivity index is 2.16. The first-order chi connectivity index (χ1) is 14.4. The Labute approximate surface area is 180 Å². The third-order valence-corrected chi connectivity index (χ3v) is 4.66. The minimum atomic E-state index is -0.0603. The Morgan fingerprint density at radius 1 is 1.07 bits per heavy atom. The van der Waals surface area contributed by atoms with Gasteiger partial charge in [0.1, 0.15) is 6.61 Å². The van der Waals surface area contributed by atoms with E-state index in [4.69, 9.17) is 9.47 Å². The second-order valence-corrected chi connectivity index (χ2v) is 7.65. The van der Waals surface area contributed by atoms with Crippen LogP contribution in [0.1, 0.15) is 38.8 Å². The lowest BCUT2D eigenvalue weighted by atomic mass is 10.1. The van der Waals surface area contributed by atoms with E-state index in [0.29, 0.717) is 31.2 Å². The number of benzene rings is 2. The van der Waals surface area contributed by atoms with Crippen LogP contribution in [-0.2, 0) is 17.9 Å². The van der Waals surface area contributed by atoms with Gasteiger partial charge in [-0.1, -0.05) is 74.0 Å². The van der Waals surface area contributed by atoms with Gasteiger partial charge in [-0.25, -0.2) is 0 Å². The van der Waals surface area contributed by atoms with Crippen molar-refractivity contribution < 1.29 is 14.3 Å². The molecular formula is C26H33NO3. The molecule has 0 bridgehead atoms.